The lowest BCUT2D eigenvalue weighted by atomic mass is 10.2. The van der Waals surface area contributed by atoms with Crippen molar-refractivity contribution in [3.8, 4) is 11.8 Å². The van der Waals surface area contributed by atoms with Crippen molar-refractivity contribution in [3.05, 3.63) is 51.6 Å². The normalized spacial score (nSPS) is 10.0. The van der Waals surface area contributed by atoms with Gasteiger partial charge in [0.05, 0.1) is 27.5 Å². The molecule has 0 aliphatic heterocycles. The fourth-order valence-electron chi connectivity index (χ4n) is 1.65. The van der Waals surface area contributed by atoms with Gasteiger partial charge < -0.3 is 10.5 Å². The fraction of sp³-hybridized carbons (Fsp3) is 0.133. The van der Waals surface area contributed by atoms with Gasteiger partial charge in [-0.2, -0.15) is 5.26 Å². The standard InChI is InChI=1S/C15H13IN2OS/c16-13-8-11(10-17)9-14(18)15(13)19-6-7-20-12-4-2-1-3-5-12/h1-5,8-9H,6-7,18H2. The molecule has 2 N–H and O–H groups in total. The van der Waals surface area contributed by atoms with E-state index in [1.54, 1.807) is 23.9 Å². The summed E-state index contributed by atoms with van der Waals surface area (Å²) in [5, 5.41) is 8.86. The van der Waals surface area contributed by atoms with Gasteiger partial charge in [-0.3, -0.25) is 0 Å². The molecule has 0 heterocycles. The lowest BCUT2D eigenvalue weighted by molar-refractivity contribution is 0.343. The maximum absolute atomic E-state index is 8.86. The van der Waals surface area contributed by atoms with Crippen molar-refractivity contribution in [1.82, 2.24) is 0 Å². The average Bonchev–Trinajstić information content (AvgIpc) is 2.46. The van der Waals surface area contributed by atoms with Crippen molar-refractivity contribution < 1.29 is 4.74 Å². The molecule has 0 saturated heterocycles. The van der Waals surface area contributed by atoms with Gasteiger partial charge in [0.2, 0.25) is 0 Å². The Kier molecular flexibility index (Phi) is 5.56. The highest BCUT2D eigenvalue weighted by Gasteiger charge is 2.08. The number of hydrogen-bond acceptors (Lipinski definition) is 4. The zero-order valence-corrected chi connectivity index (χ0v) is 13.6. The molecule has 0 amide bonds. The molecule has 0 spiro atoms. The first-order valence-electron chi connectivity index (χ1n) is 6.00. The number of hydrogen-bond donors (Lipinski definition) is 1. The minimum absolute atomic E-state index is 0.512. The first-order chi connectivity index (χ1) is 9.70. The van der Waals surface area contributed by atoms with Crippen LogP contribution in [0.5, 0.6) is 5.75 Å². The molecule has 0 fully saturated rings. The van der Waals surface area contributed by atoms with E-state index < -0.39 is 0 Å². The van der Waals surface area contributed by atoms with Gasteiger partial charge in [-0.05, 0) is 46.9 Å². The van der Waals surface area contributed by atoms with Crippen molar-refractivity contribution in [2.75, 3.05) is 18.1 Å². The Morgan fingerprint density at radius 1 is 1.25 bits per heavy atom. The van der Waals surface area contributed by atoms with Crippen LogP contribution >= 0.6 is 34.4 Å². The van der Waals surface area contributed by atoms with Crippen LogP contribution in [-0.2, 0) is 0 Å². The summed E-state index contributed by atoms with van der Waals surface area (Å²) in [6.07, 6.45) is 0. The SMILES string of the molecule is N#Cc1cc(N)c(OCCSc2ccccc2)c(I)c1. The zero-order valence-electron chi connectivity index (χ0n) is 10.7. The molecule has 0 aliphatic carbocycles. The second-order valence-electron chi connectivity index (χ2n) is 4.00. The molecule has 102 valence electrons. The summed E-state index contributed by atoms with van der Waals surface area (Å²) in [6, 6.07) is 15.7. The van der Waals surface area contributed by atoms with E-state index in [1.165, 1.54) is 4.90 Å². The van der Waals surface area contributed by atoms with Gasteiger partial charge in [-0.25, -0.2) is 0 Å². The Balaban J connectivity index is 1.90. The van der Waals surface area contributed by atoms with Gasteiger partial charge in [-0.15, -0.1) is 11.8 Å². The highest BCUT2D eigenvalue weighted by molar-refractivity contribution is 14.1. The predicted molar refractivity (Wildman–Crippen MR) is 90.9 cm³/mol. The molecule has 0 saturated carbocycles. The van der Waals surface area contributed by atoms with Crippen LogP contribution in [0.15, 0.2) is 47.4 Å². The Bertz CT molecular complexity index is 603. The third kappa shape index (κ3) is 4.05. The Hall–Kier alpha value is -1.39. The molecule has 2 aromatic rings. The third-order valence-corrected chi connectivity index (χ3v) is 4.32. The van der Waals surface area contributed by atoms with Crippen molar-refractivity contribution in [1.29, 1.82) is 5.26 Å². The largest absolute Gasteiger partial charge is 0.489 e. The highest BCUT2D eigenvalue weighted by atomic mass is 127. The second kappa shape index (κ2) is 7.41. The molecule has 0 radical (unpaired) electrons. The van der Waals surface area contributed by atoms with Crippen molar-refractivity contribution in [3.63, 3.8) is 0 Å². The number of thioether (sulfide) groups is 1. The minimum atomic E-state index is 0.512. The molecule has 20 heavy (non-hydrogen) atoms. The van der Waals surface area contributed by atoms with Gasteiger partial charge in [0.1, 0.15) is 0 Å². The monoisotopic (exact) mass is 396 g/mol. The minimum Gasteiger partial charge on any atom is -0.489 e. The number of rotatable bonds is 5. The van der Waals surface area contributed by atoms with Crippen LogP contribution in [0.3, 0.4) is 0 Å². The summed E-state index contributed by atoms with van der Waals surface area (Å²) in [6.45, 7) is 0.575. The smallest absolute Gasteiger partial charge is 0.155 e. The number of nitrogens with two attached hydrogens (primary N) is 1. The van der Waals surface area contributed by atoms with Crippen molar-refractivity contribution in [2.24, 2.45) is 0 Å². The van der Waals surface area contributed by atoms with E-state index in [-0.39, 0.29) is 0 Å². The number of halogens is 1. The van der Waals surface area contributed by atoms with Gasteiger partial charge in [0, 0.05) is 10.6 Å². The maximum atomic E-state index is 8.86. The zero-order chi connectivity index (χ0) is 14.4. The quantitative estimate of drug-likeness (QED) is 0.360. The molecule has 0 atom stereocenters. The Morgan fingerprint density at radius 3 is 2.65 bits per heavy atom. The molecular weight excluding hydrogens is 383 g/mol. The number of benzene rings is 2. The van der Waals surface area contributed by atoms with E-state index >= 15 is 0 Å². The van der Waals surface area contributed by atoms with Crippen LogP contribution in [0.4, 0.5) is 5.69 Å². The maximum Gasteiger partial charge on any atom is 0.155 e. The predicted octanol–water partition coefficient (Wildman–Crippen LogP) is 3.92. The molecule has 0 aliphatic rings. The third-order valence-electron chi connectivity index (χ3n) is 2.54. The summed E-state index contributed by atoms with van der Waals surface area (Å²) in [5.74, 6) is 1.51. The fourth-order valence-corrected chi connectivity index (χ4v) is 3.21. The van der Waals surface area contributed by atoms with Crippen LogP contribution in [0.1, 0.15) is 5.56 Å². The lowest BCUT2D eigenvalue weighted by Gasteiger charge is -2.11. The van der Waals surface area contributed by atoms with Gasteiger partial charge in [-0.1, -0.05) is 18.2 Å². The second-order valence-corrected chi connectivity index (χ2v) is 6.33. The number of ether oxygens (including phenoxy) is 1. The molecule has 0 bridgehead atoms. The van der Waals surface area contributed by atoms with E-state index in [9.17, 15) is 0 Å². The molecule has 3 nitrogen and oxygen atoms in total. The Morgan fingerprint density at radius 2 is 2.00 bits per heavy atom. The van der Waals surface area contributed by atoms with Gasteiger partial charge >= 0.3 is 0 Å². The lowest BCUT2D eigenvalue weighted by Crippen LogP contribution is -2.04. The van der Waals surface area contributed by atoms with Gasteiger partial charge in [0.25, 0.3) is 0 Å². The van der Waals surface area contributed by atoms with E-state index in [4.69, 9.17) is 15.7 Å². The van der Waals surface area contributed by atoms with E-state index in [2.05, 4.69) is 40.8 Å². The number of nitriles is 1. The topological polar surface area (TPSA) is 59.0 Å². The molecule has 5 heteroatoms. The number of nitrogens with zero attached hydrogens (tertiary/aromatic N) is 1. The van der Waals surface area contributed by atoms with E-state index in [1.807, 2.05) is 18.2 Å². The van der Waals surface area contributed by atoms with Crippen LogP contribution in [0.25, 0.3) is 0 Å². The molecule has 0 unspecified atom stereocenters. The van der Waals surface area contributed by atoms with Crippen LogP contribution in [0, 0.1) is 14.9 Å². The molecule has 2 aromatic carbocycles. The molecule has 0 aromatic heterocycles. The average molecular weight is 396 g/mol. The molecule has 2 rings (SSSR count). The Labute approximate surface area is 136 Å². The van der Waals surface area contributed by atoms with E-state index in [0.717, 1.165) is 9.32 Å². The summed E-state index contributed by atoms with van der Waals surface area (Å²) in [5.41, 5.74) is 6.97. The first-order valence-corrected chi connectivity index (χ1v) is 8.07. The summed E-state index contributed by atoms with van der Waals surface area (Å²) in [7, 11) is 0. The first kappa shape index (κ1) is 15.0. The van der Waals surface area contributed by atoms with E-state index in [0.29, 0.717) is 23.6 Å². The van der Waals surface area contributed by atoms with Crippen LogP contribution in [-0.4, -0.2) is 12.4 Å². The van der Waals surface area contributed by atoms with Crippen LogP contribution < -0.4 is 10.5 Å². The van der Waals surface area contributed by atoms with Crippen molar-refractivity contribution in [2.45, 2.75) is 4.90 Å². The van der Waals surface area contributed by atoms with Gasteiger partial charge in [0.15, 0.2) is 5.75 Å². The van der Waals surface area contributed by atoms with Crippen molar-refractivity contribution >= 4 is 40.0 Å². The summed E-state index contributed by atoms with van der Waals surface area (Å²) < 4.78 is 6.59. The summed E-state index contributed by atoms with van der Waals surface area (Å²) in [4.78, 5) is 1.22. The highest BCUT2D eigenvalue weighted by Crippen LogP contribution is 2.29. The molecular formula is C15H13IN2OS. The number of anilines is 1. The van der Waals surface area contributed by atoms with Crippen LogP contribution in [0.2, 0.25) is 0 Å². The summed E-state index contributed by atoms with van der Waals surface area (Å²) >= 11 is 3.87. The number of nitrogen functional groups attached to an aromatic ring is 1.